The maximum Gasteiger partial charge on any atom is 0.217 e. The van der Waals surface area contributed by atoms with Crippen molar-refractivity contribution >= 4 is 62.8 Å². The molecular weight excluding hydrogens is 574 g/mol. The van der Waals surface area contributed by atoms with Crippen molar-refractivity contribution in [2.24, 2.45) is 0 Å². The Morgan fingerprint density at radius 2 is 0.614 bits per heavy atom. The molecule has 0 N–H and O–H groups in total. The van der Waals surface area contributed by atoms with Gasteiger partial charge in [-0.15, -0.1) is 0 Å². The molecule has 7 rings (SSSR count). The summed E-state index contributed by atoms with van der Waals surface area (Å²) in [7, 11) is -2.75. The second-order valence-corrected chi connectivity index (χ2v) is 17.7. The molecule has 0 heterocycles. The predicted molar refractivity (Wildman–Crippen MR) is 189 cm³/mol. The Hall–Kier alpha value is -4.61. The molecule has 1 aliphatic rings. The first kappa shape index (κ1) is 28.2. The minimum atomic E-state index is -2.82. The zero-order valence-corrected chi connectivity index (χ0v) is 25.9. The molecule has 1 aliphatic carbocycles. The lowest BCUT2D eigenvalue weighted by atomic mass is 9.95. The number of benzene rings is 6. The van der Waals surface area contributed by atoms with Gasteiger partial charge in [-0.25, -0.2) is 0 Å². The van der Waals surface area contributed by atoms with Gasteiger partial charge in [0.2, 0.25) is 17.2 Å². The van der Waals surface area contributed by atoms with E-state index in [9.17, 15) is 0 Å². The standard InChI is InChI=1S/C40H31O2P2/c41-37-39(43(31-19-7-1-8-20-31,32-21-9-2-10-22-32)33-23-11-3-12-24-33)38(42)40(37)44(34-25-13-4-14-26-34,35-27-15-5-16-28-35)36-29-17-6-18-30-36/h1-30,39H/q+1. The minimum absolute atomic E-state index is 0.0372. The smallest absolute Gasteiger partial charge is 0.217 e. The lowest BCUT2D eigenvalue weighted by Crippen LogP contribution is -2.61. The van der Waals surface area contributed by atoms with Crippen LogP contribution in [0.25, 0.3) is 0 Å². The largest absolute Gasteiger partial charge is 0.289 e. The molecule has 0 unspecified atom stereocenters. The molecule has 1 saturated carbocycles. The summed E-state index contributed by atoms with van der Waals surface area (Å²) < 4.78 is 0. The van der Waals surface area contributed by atoms with Gasteiger partial charge in [0.25, 0.3) is 0 Å². The molecular formula is C40H31O2P2+. The summed E-state index contributed by atoms with van der Waals surface area (Å²) >= 11 is 0. The molecule has 4 heteroatoms. The predicted octanol–water partition coefficient (Wildman–Crippen LogP) is 5.67. The average molecular weight is 606 g/mol. The van der Waals surface area contributed by atoms with Crippen molar-refractivity contribution in [3.8, 4) is 0 Å². The molecule has 0 radical (unpaired) electrons. The van der Waals surface area contributed by atoms with Crippen LogP contribution in [-0.2, 0) is 9.59 Å². The number of hydrogen-bond acceptors (Lipinski definition) is 2. The summed E-state index contributed by atoms with van der Waals surface area (Å²) in [5.41, 5.74) is -0.805. The van der Waals surface area contributed by atoms with Crippen molar-refractivity contribution in [1.29, 1.82) is 0 Å². The van der Waals surface area contributed by atoms with Gasteiger partial charge in [0.1, 0.15) is 23.2 Å². The van der Waals surface area contributed by atoms with E-state index in [2.05, 4.69) is 72.8 Å². The van der Waals surface area contributed by atoms with Crippen molar-refractivity contribution in [2.45, 2.75) is 5.66 Å². The van der Waals surface area contributed by atoms with Gasteiger partial charge in [-0.1, -0.05) is 146 Å². The summed E-state index contributed by atoms with van der Waals surface area (Å²) in [6.45, 7) is -2.82. The Morgan fingerprint density at radius 1 is 0.364 bits per heavy atom. The third-order valence-electron chi connectivity index (χ3n) is 8.61. The second kappa shape index (κ2) is 11.8. The zero-order valence-electron chi connectivity index (χ0n) is 24.1. The van der Waals surface area contributed by atoms with Crippen LogP contribution in [0.5, 0.6) is 0 Å². The molecule has 2 nitrogen and oxygen atoms in total. The van der Waals surface area contributed by atoms with Gasteiger partial charge in [-0.2, -0.15) is 0 Å². The number of hydrogen-bond donors (Lipinski definition) is 0. The van der Waals surface area contributed by atoms with Gasteiger partial charge in [-0.3, -0.25) is 9.59 Å². The number of carbonyl (C=O) groups is 2. The molecule has 0 aromatic heterocycles. The Bertz CT molecular complexity index is 1760. The fourth-order valence-corrected chi connectivity index (χ4v) is 16.1. The highest BCUT2D eigenvalue weighted by Gasteiger charge is 2.67. The van der Waals surface area contributed by atoms with E-state index in [1.165, 1.54) is 0 Å². The van der Waals surface area contributed by atoms with E-state index < -0.39 is 19.8 Å². The third-order valence-corrected chi connectivity index (χ3v) is 17.5. The lowest BCUT2D eigenvalue weighted by Gasteiger charge is -2.42. The van der Waals surface area contributed by atoms with Crippen LogP contribution in [0.4, 0.5) is 0 Å². The number of rotatable bonds is 7. The van der Waals surface area contributed by atoms with Gasteiger partial charge in [0.15, 0.2) is 0 Å². The van der Waals surface area contributed by atoms with Crippen LogP contribution in [0.1, 0.15) is 0 Å². The highest BCUT2D eigenvalue weighted by atomic mass is 31.2. The Labute approximate surface area is 259 Å². The van der Waals surface area contributed by atoms with Gasteiger partial charge in [0, 0.05) is 0 Å². The van der Waals surface area contributed by atoms with Crippen molar-refractivity contribution in [3.63, 3.8) is 0 Å². The van der Waals surface area contributed by atoms with Crippen molar-refractivity contribution in [2.75, 3.05) is 0 Å². The van der Waals surface area contributed by atoms with E-state index in [-0.39, 0.29) is 11.6 Å². The van der Waals surface area contributed by atoms with Gasteiger partial charge >= 0.3 is 0 Å². The molecule has 0 amide bonds. The number of Topliss-reactive ketones (excluding diaryl/α,β-unsaturated/α-hetero) is 2. The van der Waals surface area contributed by atoms with Crippen molar-refractivity contribution in [3.05, 3.63) is 182 Å². The number of carbonyl (C=O) groups excluding carboxylic acids is 2. The second-order valence-electron chi connectivity index (χ2n) is 10.9. The van der Waals surface area contributed by atoms with E-state index in [0.29, 0.717) is 5.29 Å². The molecule has 1 fully saturated rings. The monoisotopic (exact) mass is 605 g/mol. The minimum Gasteiger partial charge on any atom is -0.289 e. The first-order valence-electron chi connectivity index (χ1n) is 14.8. The van der Waals surface area contributed by atoms with Crippen LogP contribution in [0.3, 0.4) is 0 Å². The normalized spacial score (nSPS) is 13.9. The first-order chi connectivity index (χ1) is 21.7. The molecule has 0 saturated heterocycles. The van der Waals surface area contributed by atoms with E-state index >= 15 is 9.59 Å². The molecule has 44 heavy (non-hydrogen) atoms. The maximum absolute atomic E-state index is 15.3. The summed E-state index contributed by atoms with van der Waals surface area (Å²) in [6, 6.07) is 61.2. The van der Waals surface area contributed by atoms with Crippen LogP contribution in [0, 0.1) is 0 Å². The van der Waals surface area contributed by atoms with E-state index in [1.807, 2.05) is 109 Å². The highest BCUT2D eigenvalue weighted by Crippen LogP contribution is 2.64. The zero-order chi connectivity index (χ0) is 30.0. The van der Waals surface area contributed by atoms with Gasteiger partial charge in [0.05, 0.1) is 5.29 Å². The first-order valence-corrected chi connectivity index (χ1v) is 18.4. The quantitative estimate of drug-likeness (QED) is 0.174. The molecule has 212 valence electrons. The number of ketones is 2. The highest BCUT2D eigenvalue weighted by molar-refractivity contribution is 8.02. The molecule has 6 aromatic carbocycles. The molecule has 6 aromatic rings. The van der Waals surface area contributed by atoms with E-state index in [4.69, 9.17) is 0 Å². The fourth-order valence-electron chi connectivity index (χ4n) is 6.78. The Kier molecular flexibility index (Phi) is 7.57. The Balaban J connectivity index is 1.60. The average Bonchev–Trinajstić information content (AvgIpc) is 3.11. The van der Waals surface area contributed by atoms with Crippen LogP contribution in [0.2, 0.25) is 0 Å². The lowest BCUT2D eigenvalue weighted by molar-refractivity contribution is -0.124. The molecule has 0 bridgehead atoms. The Morgan fingerprint density at radius 3 is 0.886 bits per heavy atom. The van der Waals surface area contributed by atoms with Crippen molar-refractivity contribution < 1.29 is 9.59 Å². The topological polar surface area (TPSA) is 34.1 Å². The SMILES string of the molecule is O=C1C(=P(c2ccccc2)(c2ccccc2)c2ccccc2)C(=O)C1[P+](c1ccccc1)(c1ccccc1)c1ccccc1. The van der Waals surface area contributed by atoms with Crippen LogP contribution >= 0.6 is 14.1 Å². The van der Waals surface area contributed by atoms with E-state index in [0.717, 1.165) is 31.8 Å². The van der Waals surface area contributed by atoms with Crippen molar-refractivity contribution in [1.82, 2.24) is 0 Å². The molecule has 0 spiro atoms. The van der Waals surface area contributed by atoms with Crippen LogP contribution in [-0.4, -0.2) is 22.5 Å². The fraction of sp³-hybridized carbons (Fsp3) is 0.0250. The summed E-state index contributed by atoms with van der Waals surface area (Å²) in [4.78, 5) is 30.6. The summed E-state index contributed by atoms with van der Waals surface area (Å²) in [5, 5.41) is 6.57. The molecule has 0 aliphatic heterocycles. The van der Waals surface area contributed by atoms with E-state index in [1.54, 1.807) is 0 Å². The maximum atomic E-state index is 15.3. The van der Waals surface area contributed by atoms with Gasteiger partial charge < -0.3 is 0 Å². The summed E-state index contributed by atoms with van der Waals surface area (Å²) in [5.74, 6) is -0.0745. The van der Waals surface area contributed by atoms with Gasteiger partial charge in [-0.05, 0) is 59.2 Å². The third kappa shape index (κ3) is 4.29. The van der Waals surface area contributed by atoms with Crippen LogP contribution in [0.15, 0.2) is 182 Å². The van der Waals surface area contributed by atoms with Crippen LogP contribution < -0.4 is 31.8 Å². The summed E-state index contributed by atoms with van der Waals surface area (Å²) in [6.07, 6.45) is 0. The molecule has 0 atom stereocenters.